The van der Waals surface area contributed by atoms with Gasteiger partial charge in [-0.25, -0.2) is 37.3 Å². The van der Waals surface area contributed by atoms with Gasteiger partial charge in [-0.3, -0.25) is 9.97 Å². The van der Waals surface area contributed by atoms with Crippen molar-refractivity contribution < 1.29 is 85.8 Å². The van der Waals surface area contributed by atoms with Gasteiger partial charge in [-0.2, -0.15) is 0 Å². The van der Waals surface area contributed by atoms with Crippen molar-refractivity contribution in [3.63, 3.8) is 0 Å². The van der Waals surface area contributed by atoms with Gasteiger partial charge in [0.05, 0.1) is 11.4 Å². The van der Waals surface area contributed by atoms with Gasteiger partial charge in [-0.05, 0) is 24.3 Å². The number of pyridine rings is 2. The normalized spacial score (nSPS) is 9.44. The summed E-state index contributed by atoms with van der Waals surface area (Å²) in [6, 6.07) is 11.6. The van der Waals surface area contributed by atoms with Crippen LogP contribution in [-0.4, -0.2) is 9.97 Å². The van der Waals surface area contributed by atoms with Gasteiger partial charge in [0.2, 0.25) is 0 Å². The van der Waals surface area contributed by atoms with Crippen molar-refractivity contribution in [3.8, 4) is 11.4 Å². The second kappa shape index (κ2) is 15.3. The summed E-state index contributed by atoms with van der Waals surface area (Å²) in [6.07, 6.45) is 3.54. The first kappa shape index (κ1) is 31.7. The van der Waals surface area contributed by atoms with Crippen LogP contribution in [0.3, 0.4) is 0 Å². The molecule has 0 saturated heterocycles. The molecule has 0 aliphatic rings. The van der Waals surface area contributed by atoms with Gasteiger partial charge in [-0.15, -0.1) is 20.5 Å². The quantitative estimate of drug-likeness (QED) is 0.288. The Kier molecular flexibility index (Phi) is 19.4. The average molecular weight is 457 g/mol. The molecule has 0 aromatic carbocycles. The minimum Gasteiger partial charge on any atom is -0.457 e. The van der Waals surface area contributed by atoms with Crippen molar-refractivity contribution in [3.05, 3.63) is 48.8 Å². The standard InChI is InChI=1S/C10H8N2.2ClHO4.Cu.2H2O/c1-3-7-11-9(5-1)10-6-2-4-8-12-10;2*2-1(3,4)5;;;/h1-8H;2*(H,2,3,4,5);;2*1H2/q;;;+2;;. The molecule has 6 N–H and O–H groups in total. The monoisotopic (exact) mass is 455 g/mol. The molecule has 0 bridgehead atoms. The summed E-state index contributed by atoms with van der Waals surface area (Å²) in [4.78, 5) is 8.37. The molecule has 0 saturated carbocycles. The topological polar surface area (TPSA) is 276 Å². The molecule has 25 heavy (non-hydrogen) atoms. The third kappa shape index (κ3) is 28.1. The fourth-order valence-corrected chi connectivity index (χ4v) is 1.03. The van der Waals surface area contributed by atoms with Crippen LogP contribution in [0, 0.1) is 20.5 Å². The number of hydrogen-bond acceptors (Lipinski definition) is 10. The molecule has 0 aliphatic heterocycles. The third-order valence-electron chi connectivity index (χ3n) is 1.59. The van der Waals surface area contributed by atoms with Crippen LogP contribution in [0.2, 0.25) is 0 Å². The van der Waals surface area contributed by atoms with Crippen molar-refractivity contribution in [2.75, 3.05) is 0 Å². The van der Waals surface area contributed by atoms with Gasteiger partial charge in [-0.1, -0.05) is 12.1 Å². The van der Waals surface area contributed by atoms with Crippen molar-refractivity contribution in [1.82, 2.24) is 9.97 Å². The van der Waals surface area contributed by atoms with Crippen LogP contribution in [0.15, 0.2) is 48.8 Å². The molecule has 0 amide bonds. The Balaban J connectivity index is -0.000000147. The molecule has 0 atom stereocenters. The van der Waals surface area contributed by atoms with Gasteiger partial charge in [0.25, 0.3) is 0 Å². The molecule has 2 heterocycles. The largest absolute Gasteiger partial charge is 2.00 e. The van der Waals surface area contributed by atoms with Gasteiger partial charge in [0.15, 0.2) is 0 Å². The first-order chi connectivity index (χ1) is 9.97. The van der Waals surface area contributed by atoms with Crippen LogP contribution in [0.5, 0.6) is 0 Å². The Hall–Kier alpha value is -1.00. The maximum atomic E-state index is 8.49. The SMILES string of the molecule is [Cu+2].[O-][Cl+3]([O-])([O-])[O-].[O-][Cl+3]([O-])([O-])[O-].[OH3+].[OH3+].c1ccc(-c2ccccn2)nc1. The van der Waals surface area contributed by atoms with E-state index in [0.29, 0.717) is 0 Å². The maximum Gasteiger partial charge on any atom is 2.00 e. The summed E-state index contributed by atoms with van der Waals surface area (Å²) in [6.45, 7) is 0. The van der Waals surface area contributed by atoms with E-state index in [1.165, 1.54) is 0 Å². The van der Waals surface area contributed by atoms with E-state index in [9.17, 15) is 0 Å². The molecule has 2 aromatic rings. The number of nitrogens with zero attached hydrogens (tertiary/aromatic N) is 2. The summed E-state index contributed by atoms with van der Waals surface area (Å²) < 4.78 is 67.9. The number of aromatic nitrogens is 2. The Morgan fingerprint density at radius 1 is 0.560 bits per heavy atom. The zero-order valence-corrected chi connectivity index (χ0v) is 14.4. The van der Waals surface area contributed by atoms with Crippen LogP contribution in [-0.2, 0) is 28.0 Å². The zero-order valence-electron chi connectivity index (χ0n) is 12.0. The molecule has 12 nitrogen and oxygen atoms in total. The van der Waals surface area contributed by atoms with Crippen LogP contribution in [0.1, 0.15) is 0 Å². The summed E-state index contributed by atoms with van der Waals surface area (Å²) in [5, 5.41) is 0. The number of halogens is 2. The number of hydrogen-bond donors (Lipinski definition) is 0. The fraction of sp³-hybridized carbons (Fsp3) is 0. The minimum absolute atomic E-state index is 0. The molecule has 147 valence electrons. The first-order valence-electron chi connectivity index (χ1n) is 5.03. The van der Waals surface area contributed by atoms with E-state index in [1.807, 2.05) is 36.4 Å². The van der Waals surface area contributed by atoms with E-state index >= 15 is 0 Å². The molecular formula is C10H14Cl2CuN2O10+2. The van der Waals surface area contributed by atoms with Gasteiger partial charge in [0.1, 0.15) is 0 Å². The Bertz CT molecular complexity index is 465. The maximum absolute atomic E-state index is 8.49. The summed E-state index contributed by atoms with van der Waals surface area (Å²) >= 11 is 0. The Morgan fingerprint density at radius 2 is 0.800 bits per heavy atom. The molecular weight excluding hydrogens is 443 g/mol. The van der Waals surface area contributed by atoms with Crippen molar-refractivity contribution in [1.29, 1.82) is 0 Å². The fourth-order valence-electron chi connectivity index (χ4n) is 1.03. The first-order valence-corrected chi connectivity index (χ1v) is 7.49. The smallest absolute Gasteiger partial charge is 0.457 e. The van der Waals surface area contributed by atoms with Crippen LogP contribution in [0.25, 0.3) is 11.4 Å². The minimum atomic E-state index is -4.94. The third-order valence-corrected chi connectivity index (χ3v) is 1.59. The Morgan fingerprint density at radius 3 is 0.960 bits per heavy atom. The summed E-state index contributed by atoms with van der Waals surface area (Å²) in [5.41, 5.74) is 1.83. The van der Waals surface area contributed by atoms with E-state index in [2.05, 4.69) is 9.97 Å². The van der Waals surface area contributed by atoms with E-state index < -0.39 is 20.5 Å². The van der Waals surface area contributed by atoms with Crippen molar-refractivity contribution in [2.24, 2.45) is 0 Å². The Labute approximate surface area is 156 Å². The second-order valence-electron chi connectivity index (χ2n) is 3.19. The van der Waals surface area contributed by atoms with E-state index in [4.69, 9.17) is 37.3 Å². The van der Waals surface area contributed by atoms with E-state index in [1.54, 1.807) is 12.4 Å². The molecule has 0 fully saturated rings. The molecule has 2 rings (SSSR count). The van der Waals surface area contributed by atoms with Crippen LogP contribution < -0.4 is 37.3 Å². The molecule has 0 unspecified atom stereocenters. The van der Waals surface area contributed by atoms with Gasteiger partial charge >= 0.3 is 17.1 Å². The second-order valence-corrected chi connectivity index (χ2v) is 4.70. The number of rotatable bonds is 1. The van der Waals surface area contributed by atoms with E-state index in [0.717, 1.165) is 11.4 Å². The van der Waals surface area contributed by atoms with Gasteiger partial charge < -0.3 is 11.0 Å². The van der Waals surface area contributed by atoms with E-state index in [-0.39, 0.29) is 28.0 Å². The molecule has 1 radical (unpaired) electrons. The van der Waals surface area contributed by atoms with Gasteiger partial charge in [0, 0.05) is 12.4 Å². The van der Waals surface area contributed by atoms with Crippen LogP contribution >= 0.6 is 0 Å². The van der Waals surface area contributed by atoms with Crippen molar-refractivity contribution >= 4 is 0 Å². The predicted molar refractivity (Wildman–Crippen MR) is 57.2 cm³/mol. The average Bonchev–Trinajstić information content (AvgIpc) is 2.37. The zero-order chi connectivity index (χ0) is 17.2. The van der Waals surface area contributed by atoms with Crippen molar-refractivity contribution in [2.45, 2.75) is 0 Å². The predicted octanol–water partition coefficient (Wildman–Crippen LogP) is -9.21. The summed E-state index contributed by atoms with van der Waals surface area (Å²) in [7, 11) is -9.89. The molecule has 15 heteroatoms. The molecule has 0 spiro atoms. The molecule has 0 aliphatic carbocycles. The molecule has 2 aromatic heterocycles. The summed E-state index contributed by atoms with van der Waals surface area (Å²) in [5.74, 6) is 0. The van der Waals surface area contributed by atoms with Crippen LogP contribution in [0.4, 0.5) is 0 Å².